The third kappa shape index (κ3) is 5.97. The summed E-state index contributed by atoms with van der Waals surface area (Å²) in [5.41, 5.74) is 2.64. The second-order valence-corrected chi connectivity index (χ2v) is 8.15. The molecule has 162 valence electrons. The van der Waals surface area contributed by atoms with Gasteiger partial charge in [0.05, 0.1) is 6.54 Å². The zero-order valence-corrected chi connectivity index (χ0v) is 19.0. The topological polar surface area (TPSA) is 88.3 Å². The Morgan fingerprint density at radius 2 is 1.94 bits per heavy atom. The highest BCUT2D eigenvalue weighted by Crippen LogP contribution is 2.21. The Kier molecular flexibility index (Phi) is 7.17. The van der Waals surface area contributed by atoms with E-state index in [1.165, 1.54) is 11.0 Å². The summed E-state index contributed by atoms with van der Waals surface area (Å²) >= 11 is 3.38. The van der Waals surface area contributed by atoms with Crippen LogP contribution in [0.25, 0.3) is 11.4 Å². The lowest BCUT2D eigenvalue weighted by atomic mass is 10.1. The minimum atomic E-state index is -0.350. The number of aromatic nitrogens is 2. The fourth-order valence-corrected chi connectivity index (χ4v) is 3.35. The number of nitrogens with zero attached hydrogens (tertiary/aromatic N) is 3. The zero-order valence-electron chi connectivity index (χ0n) is 17.4. The summed E-state index contributed by atoms with van der Waals surface area (Å²) in [5, 5.41) is 6.65. The molecule has 0 aliphatic carbocycles. The quantitative estimate of drug-likeness (QED) is 0.535. The van der Waals surface area contributed by atoms with Crippen LogP contribution in [0.2, 0.25) is 0 Å². The van der Waals surface area contributed by atoms with Crippen molar-refractivity contribution < 1.29 is 18.5 Å². The number of amides is 2. The highest BCUT2D eigenvalue weighted by Gasteiger charge is 2.16. The van der Waals surface area contributed by atoms with Crippen molar-refractivity contribution in [3.05, 3.63) is 63.7 Å². The number of hydrogen-bond acceptors (Lipinski definition) is 5. The first-order valence-electron chi connectivity index (χ1n) is 9.62. The van der Waals surface area contributed by atoms with Gasteiger partial charge in [0.25, 0.3) is 0 Å². The van der Waals surface area contributed by atoms with E-state index in [-0.39, 0.29) is 48.7 Å². The summed E-state index contributed by atoms with van der Waals surface area (Å²) in [6.45, 7) is 3.48. The third-order valence-corrected chi connectivity index (χ3v) is 5.21. The molecule has 0 atom stereocenters. The lowest BCUT2D eigenvalue weighted by molar-refractivity contribution is -0.133. The molecule has 3 rings (SSSR count). The summed E-state index contributed by atoms with van der Waals surface area (Å²) < 4.78 is 19.8. The molecule has 0 saturated heterocycles. The zero-order chi connectivity index (χ0) is 22.5. The van der Waals surface area contributed by atoms with Gasteiger partial charge in [-0.3, -0.25) is 9.59 Å². The average molecular weight is 489 g/mol. The van der Waals surface area contributed by atoms with E-state index in [2.05, 4.69) is 31.4 Å². The highest BCUT2D eigenvalue weighted by molar-refractivity contribution is 9.10. The predicted octanol–water partition coefficient (Wildman–Crippen LogP) is 4.28. The van der Waals surface area contributed by atoms with Crippen LogP contribution in [0.15, 0.2) is 45.4 Å². The van der Waals surface area contributed by atoms with E-state index in [9.17, 15) is 14.0 Å². The van der Waals surface area contributed by atoms with E-state index in [4.69, 9.17) is 4.52 Å². The van der Waals surface area contributed by atoms with Crippen molar-refractivity contribution in [1.82, 2.24) is 15.0 Å². The first-order chi connectivity index (χ1) is 14.7. The smallest absolute Gasteiger partial charge is 0.243 e. The Morgan fingerprint density at radius 1 is 1.16 bits per heavy atom. The first kappa shape index (κ1) is 22.6. The summed E-state index contributed by atoms with van der Waals surface area (Å²) in [6.07, 6.45) is 0.322. The third-order valence-electron chi connectivity index (χ3n) is 4.72. The van der Waals surface area contributed by atoms with Gasteiger partial charge in [-0.25, -0.2) is 4.39 Å². The monoisotopic (exact) mass is 488 g/mol. The standard InChI is InChI=1S/C22H22BrFN4O3/c1-13-4-5-15(11-17(13)24)22-26-20(31-27-22)8-9-21(30)28(3)12-19(29)25-18-7-6-16(23)10-14(18)2/h4-7,10-11H,8-9,12H2,1-3H3,(H,25,29). The summed E-state index contributed by atoms with van der Waals surface area (Å²) in [7, 11) is 1.56. The van der Waals surface area contributed by atoms with Gasteiger partial charge in [0, 0.05) is 35.6 Å². The van der Waals surface area contributed by atoms with Gasteiger partial charge in [0.2, 0.25) is 23.5 Å². The number of nitrogens with one attached hydrogen (secondary N) is 1. The fourth-order valence-electron chi connectivity index (χ4n) is 2.87. The Bertz CT molecular complexity index is 1120. The van der Waals surface area contributed by atoms with E-state index in [0.717, 1.165) is 10.0 Å². The average Bonchev–Trinajstić information content (AvgIpc) is 3.19. The van der Waals surface area contributed by atoms with Crippen molar-refractivity contribution in [2.24, 2.45) is 0 Å². The SMILES string of the molecule is Cc1ccc(-c2noc(CCC(=O)N(C)CC(=O)Nc3ccc(Br)cc3C)n2)cc1F. The van der Waals surface area contributed by atoms with Crippen molar-refractivity contribution in [3.63, 3.8) is 0 Å². The van der Waals surface area contributed by atoms with E-state index in [0.29, 0.717) is 16.8 Å². The second kappa shape index (κ2) is 9.82. The minimum absolute atomic E-state index is 0.0773. The molecule has 3 aromatic rings. The lowest BCUT2D eigenvalue weighted by Crippen LogP contribution is -2.35. The molecule has 1 aromatic heterocycles. The fraction of sp³-hybridized carbons (Fsp3) is 0.273. The summed E-state index contributed by atoms with van der Waals surface area (Å²) in [5.74, 6) is -0.338. The van der Waals surface area contributed by atoms with Gasteiger partial charge < -0.3 is 14.7 Å². The molecular formula is C22H22BrFN4O3. The molecule has 0 unspecified atom stereocenters. The van der Waals surface area contributed by atoms with Gasteiger partial charge in [0.15, 0.2) is 0 Å². The van der Waals surface area contributed by atoms with Gasteiger partial charge in [-0.15, -0.1) is 0 Å². The van der Waals surface area contributed by atoms with Crippen molar-refractivity contribution in [1.29, 1.82) is 0 Å². The molecule has 0 bridgehead atoms. The Morgan fingerprint density at radius 3 is 2.65 bits per heavy atom. The molecule has 7 nitrogen and oxygen atoms in total. The molecule has 31 heavy (non-hydrogen) atoms. The van der Waals surface area contributed by atoms with Crippen LogP contribution in [0.3, 0.4) is 0 Å². The van der Waals surface area contributed by atoms with Crippen molar-refractivity contribution in [2.75, 3.05) is 18.9 Å². The van der Waals surface area contributed by atoms with E-state index in [1.807, 2.05) is 19.1 Å². The van der Waals surface area contributed by atoms with Crippen LogP contribution in [-0.2, 0) is 16.0 Å². The van der Waals surface area contributed by atoms with Crippen LogP contribution in [0.1, 0.15) is 23.4 Å². The van der Waals surface area contributed by atoms with Gasteiger partial charge in [-0.1, -0.05) is 33.2 Å². The van der Waals surface area contributed by atoms with E-state index >= 15 is 0 Å². The lowest BCUT2D eigenvalue weighted by Gasteiger charge is -2.17. The number of anilines is 1. The molecule has 2 aromatic carbocycles. The normalized spacial score (nSPS) is 10.7. The first-order valence-corrected chi connectivity index (χ1v) is 10.4. The molecule has 9 heteroatoms. The molecule has 1 heterocycles. The van der Waals surface area contributed by atoms with Crippen molar-refractivity contribution in [3.8, 4) is 11.4 Å². The maximum atomic E-state index is 13.7. The van der Waals surface area contributed by atoms with Crippen molar-refractivity contribution >= 4 is 33.4 Å². The number of hydrogen-bond donors (Lipinski definition) is 1. The maximum absolute atomic E-state index is 13.7. The Balaban J connectivity index is 1.51. The molecule has 0 radical (unpaired) electrons. The maximum Gasteiger partial charge on any atom is 0.243 e. The van der Waals surface area contributed by atoms with Gasteiger partial charge >= 0.3 is 0 Å². The molecule has 0 aliphatic heterocycles. The van der Waals surface area contributed by atoms with Crippen LogP contribution in [0, 0.1) is 19.7 Å². The highest BCUT2D eigenvalue weighted by atomic mass is 79.9. The predicted molar refractivity (Wildman–Crippen MR) is 118 cm³/mol. The van der Waals surface area contributed by atoms with Crippen LogP contribution in [0.5, 0.6) is 0 Å². The largest absolute Gasteiger partial charge is 0.339 e. The van der Waals surface area contributed by atoms with Crippen LogP contribution >= 0.6 is 15.9 Å². The van der Waals surface area contributed by atoms with Crippen molar-refractivity contribution in [2.45, 2.75) is 26.7 Å². The van der Waals surface area contributed by atoms with E-state index < -0.39 is 0 Å². The second-order valence-electron chi connectivity index (χ2n) is 7.23. The van der Waals surface area contributed by atoms with Gasteiger partial charge in [-0.2, -0.15) is 4.98 Å². The molecule has 0 spiro atoms. The van der Waals surface area contributed by atoms with E-state index in [1.54, 1.807) is 32.2 Å². The van der Waals surface area contributed by atoms with Crippen LogP contribution in [0.4, 0.5) is 10.1 Å². The van der Waals surface area contributed by atoms with Gasteiger partial charge in [0.1, 0.15) is 5.82 Å². The van der Waals surface area contributed by atoms with Crippen LogP contribution in [-0.4, -0.2) is 40.4 Å². The summed E-state index contributed by atoms with van der Waals surface area (Å²) in [4.78, 5) is 30.2. The molecular weight excluding hydrogens is 467 g/mol. The number of carbonyl (C=O) groups excluding carboxylic acids is 2. The minimum Gasteiger partial charge on any atom is -0.339 e. The number of carbonyl (C=O) groups is 2. The Labute approximate surface area is 187 Å². The Hall–Kier alpha value is -3.07. The van der Waals surface area contributed by atoms with Gasteiger partial charge in [-0.05, 0) is 49.2 Å². The number of benzene rings is 2. The number of halogens is 2. The number of likely N-dealkylation sites (N-methyl/N-ethyl adjacent to an activating group) is 1. The molecule has 0 aliphatic rings. The molecule has 2 amide bonds. The number of rotatable bonds is 7. The molecule has 0 saturated carbocycles. The van der Waals surface area contributed by atoms with Crippen LogP contribution < -0.4 is 5.32 Å². The summed E-state index contributed by atoms with van der Waals surface area (Å²) in [6, 6.07) is 10.2. The molecule has 1 N–H and O–H groups in total. The number of aryl methyl sites for hydroxylation is 3. The molecule has 0 fully saturated rings.